The smallest absolute Gasteiger partial charge is 0.303 e. The van der Waals surface area contributed by atoms with Crippen molar-refractivity contribution in [3.8, 4) is 0 Å². The highest BCUT2D eigenvalue weighted by Crippen LogP contribution is 2.68. The summed E-state index contributed by atoms with van der Waals surface area (Å²) in [6.07, 6.45) is 6.03. The Kier molecular flexibility index (Phi) is 4.51. The monoisotopic (exact) mass is 370 g/mol. The first-order chi connectivity index (χ1) is 12.2. The molecule has 0 bridgehead atoms. The molecule has 0 aromatic rings. The van der Waals surface area contributed by atoms with Gasteiger partial charge in [-0.1, -0.05) is 13.8 Å². The minimum Gasteiger partial charge on any atom is -0.303 e. The van der Waals surface area contributed by atoms with Gasteiger partial charge in [-0.3, -0.25) is 0 Å². The highest BCUT2D eigenvalue weighted by molar-refractivity contribution is 5.50. The Bertz CT molecular complexity index is 558. The number of hydrogen-bond donors (Lipinski definition) is 0. The van der Waals surface area contributed by atoms with Crippen molar-refractivity contribution in [1.82, 2.24) is 0 Å². The topological polar surface area (TPSA) is 17.1 Å². The van der Waals surface area contributed by atoms with Gasteiger partial charge in [0.1, 0.15) is 6.29 Å². The van der Waals surface area contributed by atoms with Crippen LogP contribution in [0.4, 0.5) is 13.2 Å². The third kappa shape index (κ3) is 2.68. The molecule has 1 nitrogen and oxygen atoms in total. The molecule has 0 aromatic carbocycles. The first kappa shape index (κ1) is 18.8. The van der Waals surface area contributed by atoms with Crippen LogP contribution in [0.5, 0.6) is 0 Å². The van der Waals surface area contributed by atoms with Crippen LogP contribution in [0.1, 0.15) is 78.1 Å². The summed E-state index contributed by atoms with van der Waals surface area (Å²) < 4.78 is 39.8. The van der Waals surface area contributed by atoms with Crippen LogP contribution in [0.15, 0.2) is 0 Å². The molecule has 4 aliphatic rings. The molecule has 4 saturated carbocycles. The van der Waals surface area contributed by atoms with Gasteiger partial charge >= 0.3 is 6.18 Å². The predicted octanol–water partition coefficient (Wildman–Crippen LogP) is 6.41. The van der Waals surface area contributed by atoms with Crippen molar-refractivity contribution in [3.05, 3.63) is 0 Å². The Morgan fingerprint density at radius 3 is 2.31 bits per heavy atom. The molecule has 148 valence electrons. The third-order valence-corrected chi connectivity index (χ3v) is 9.71. The van der Waals surface area contributed by atoms with Gasteiger partial charge in [0.25, 0.3) is 0 Å². The van der Waals surface area contributed by atoms with Crippen LogP contribution in [0.3, 0.4) is 0 Å². The molecule has 0 N–H and O–H groups in total. The van der Waals surface area contributed by atoms with Crippen LogP contribution in [-0.2, 0) is 4.79 Å². The Hall–Kier alpha value is -0.540. The standard InChI is InChI=1S/C22H33F3O/c1-20-11-8-19-17(18(20)6-4-14(20)9-12-26)5-3-15-13-16(22(23,24)25)7-10-21(15,19)2/h12,14-19H,3-11,13H2,1-2H3. The summed E-state index contributed by atoms with van der Waals surface area (Å²) in [6.45, 7) is 4.73. The van der Waals surface area contributed by atoms with Gasteiger partial charge in [-0.25, -0.2) is 0 Å². The number of alkyl halides is 3. The van der Waals surface area contributed by atoms with Crippen molar-refractivity contribution in [3.63, 3.8) is 0 Å². The number of aldehydes is 1. The molecule has 8 unspecified atom stereocenters. The summed E-state index contributed by atoms with van der Waals surface area (Å²) in [6, 6.07) is 0. The quantitative estimate of drug-likeness (QED) is 0.513. The number of rotatable bonds is 2. The van der Waals surface area contributed by atoms with Gasteiger partial charge in [0.05, 0.1) is 5.92 Å². The number of hydrogen-bond acceptors (Lipinski definition) is 1. The van der Waals surface area contributed by atoms with Crippen LogP contribution in [0.25, 0.3) is 0 Å². The number of carbonyl (C=O) groups is 1. The summed E-state index contributed by atoms with van der Waals surface area (Å²) in [5.41, 5.74) is 0.392. The second kappa shape index (κ2) is 6.24. The molecular formula is C22H33F3O. The lowest BCUT2D eigenvalue weighted by molar-refractivity contribution is -0.208. The third-order valence-electron chi connectivity index (χ3n) is 9.71. The van der Waals surface area contributed by atoms with Crippen LogP contribution in [-0.4, -0.2) is 12.5 Å². The molecule has 0 amide bonds. The SMILES string of the molecule is CC12CCC3C(CCC4CC(C(F)(F)F)CCC43C)C1CCC2CC=O. The van der Waals surface area contributed by atoms with Crippen LogP contribution < -0.4 is 0 Å². The lowest BCUT2D eigenvalue weighted by atomic mass is 9.44. The van der Waals surface area contributed by atoms with Crippen molar-refractivity contribution >= 4 is 6.29 Å². The molecule has 0 aromatic heterocycles. The fourth-order valence-electron chi connectivity index (χ4n) is 8.17. The zero-order valence-corrected chi connectivity index (χ0v) is 16.2. The molecular weight excluding hydrogens is 337 g/mol. The van der Waals surface area contributed by atoms with Gasteiger partial charge in [0.15, 0.2) is 0 Å². The maximum Gasteiger partial charge on any atom is 0.391 e. The van der Waals surface area contributed by atoms with Gasteiger partial charge in [-0.2, -0.15) is 13.2 Å². The largest absolute Gasteiger partial charge is 0.391 e. The number of fused-ring (bicyclic) bond motifs is 5. The van der Waals surface area contributed by atoms with Crippen LogP contribution in [0, 0.1) is 46.3 Å². The average Bonchev–Trinajstić information content (AvgIpc) is 2.90. The highest BCUT2D eigenvalue weighted by atomic mass is 19.4. The van der Waals surface area contributed by atoms with Crippen molar-refractivity contribution in [2.24, 2.45) is 46.3 Å². The first-order valence-electron chi connectivity index (χ1n) is 10.7. The van der Waals surface area contributed by atoms with Gasteiger partial charge in [0, 0.05) is 6.42 Å². The summed E-state index contributed by atoms with van der Waals surface area (Å²) in [7, 11) is 0. The Morgan fingerprint density at radius 2 is 1.62 bits per heavy atom. The van der Waals surface area contributed by atoms with Crippen molar-refractivity contribution in [1.29, 1.82) is 0 Å². The molecule has 0 saturated heterocycles. The fourth-order valence-corrected chi connectivity index (χ4v) is 8.17. The Balaban J connectivity index is 1.55. The van der Waals surface area contributed by atoms with E-state index < -0.39 is 12.1 Å². The molecule has 0 radical (unpaired) electrons. The van der Waals surface area contributed by atoms with Crippen molar-refractivity contribution < 1.29 is 18.0 Å². The second-order valence-electron chi connectivity index (χ2n) is 10.4. The number of carbonyl (C=O) groups excluding carboxylic acids is 1. The van der Waals surface area contributed by atoms with Crippen LogP contribution >= 0.6 is 0 Å². The van der Waals surface area contributed by atoms with E-state index in [-0.39, 0.29) is 16.7 Å². The predicted molar refractivity (Wildman–Crippen MR) is 95.4 cm³/mol. The number of halogens is 3. The minimum atomic E-state index is -4.02. The van der Waals surface area contributed by atoms with Gasteiger partial charge < -0.3 is 4.79 Å². The molecule has 0 aliphatic heterocycles. The maximum atomic E-state index is 13.3. The molecule has 26 heavy (non-hydrogen) atoms. The average molecular weight is 370 g/mol. The molecule has 8 atom stereocenters. The molecule has 0 spiro atoms. The van der Waals surface area contributed by atoms with E-state index in [1.54, 1.807) is 0 Å². The van der Waals surface area contributed by atoms with E-state index in [4.69, 9.17) is 0 Å². The van der Waals surface area contributed by atoms with E-state index in [1.165, 1.54) is 19.3 Å². The lowest BCUT2D eigenvalue weighted by Gasteiger charge is -2.61. The van der Waals surface area contributed by atoms with E-state index in [1.807, 2.05) is 0 Å². The van der Waals surface area contributed by atoms with Gasteiger partial charge in [-0.05, 0) is 98.2 Å². The Labute approximate surface area is 155 Å². The second-order valence-corrected chi connectivity index (χ2v) is 10.4. The summed E-state index contributed by atoms with van der Waals surface area (Å²) >= 11 is 0. The summed E-state index contributed by atoms with van der Waals surface area (Å²) in [5, 5.41) is 0. The maximum absolute atomic E-state index is 13.3. The minimum absolute atomic E-state index is 0.106. The van der Waals surface area contributed by atoms with E-state index in [0.717, 1.165) is 32.0 Å². The van der Waals surface area contributed by atoms with E-state index in [2.05, 4.69) is 13.8 Å². The van der Waals surface area contributed by atoms with Gasteiger partial charge in [-0.15, -0.1) is 0 Å². The summed E-state index contributed by atoms with van der Waals surface area (Å²) in [4.78, 5) is 11.1. The first-order valence-corrected chi connectivity index (χ1v) is 10.7. The Morgan fingerprint density at radius 1 is 0.923 bits per heavy atom. The fraction of sp³-hybridized carbons (Fsp3) is 0.955. The van der Waals surface area contributed by atoms with Crippen molar-refractivity contribution in [2.75, 3.05) is 0 Å². The zero-order chi connectivity index (χ0) is 18.7. The highest BCUT2D eigenvalue weighted by Gasteiger charge is 2.61. The normalized spacial score (nSPS) is 51.3. The van der Waals surface area contributed by atoms with Gasteiger partial charge in [0.2, 0.25) is 0 Å². The van der Waals surface area contributed by atoms with E-state index >= 15 is 0 Å². The van der Waals surface area contributed by atoms with Crippen LogP contribution in [0.2, 0.25) is 0 Å². The van der Waals surface area contributed by atoms with E-state index in [0.29, 0.717) is 42.9 Å². The molecule has 4 fully saturated rings. The summed E-state index contributed by atoms with van der Waals surface area (Å²) in [5.74, 6) is 1.66. The molecule has 4 aliphatic carbocycles. The lowest BCUT2D eigenvalue weighted by Crippen LogP contribution is -2.54. The zero-order valence-electron chi connectivity index (χ0n) is 16.2. The molecule has 0 heterocycles. The molecule has 4 rings (SSSR count). The molecule has 4 heteroatoms. The van der Waals surface area contributed by atoms with Crippen molar-refractivity contribution in [2.45, 2.75) is 84.2 Å². The van der Waals surface area contributed by atoms with E-state index in [9.17, 15) is 18.0 Å².